The van der Waals surface area contributed by atoms with Crippen molar-refractivity contribution in [2.45, 2.75) is 26.1 Å². The van der Waals surface area contributed by atoms with Gasteiger partial charge in [0, 0.05) is 0 Å². The number of nitrogens with two attached hydrogens (primary N) is 1. The van der Waals surface area contributed by atoms with Crippen molar-refractivity contribution in [1.82, 2.24) is 10.2 Å². The van der Waals surface area contributed by atoms with E-state index < -0.39 is 17.8 Å². The fraction of sp³-hybridized carbons (Fsp3) is 0.286. The number of aryl methyl sites for hydroxylation is 2. The van der Waals surface area contributed by atoms with Gasteiger partial charge in [-0.2, -0.15) is 23.4 Å². The molecule has 0 aliphatic rings. The molecular formula is C14H14F3N3. The zero-order valence-corrected chi connectivity index (χ0v) is 11.1. The van der Waals surface area contributed by atoms with Crippen molar-refractivity contribution in [2.24, 2.45) is 5.73 Å². The summed E-state index contributed by atoms with van der Waals surface area (Å²) in [5.74, 6) is 0. The summed E-state index contributed by atoms with van der Waals surface area (Å²) >= 11 is 0. The normalized spacial score (nSPS) is 13.3. The van der Waals surface area contributed by atoms with Gasteiger partial charge in [-0.25, -0.2) is 0 Å². The minimum atomic E-state index is -4.38. The van der Waals surface area contributed by atoms with E-state index in [0.29, 0.717) is 22.5 Å². The minimum absolute atomic E-state index is 0.398. The first-order valence-corrected chi connectivity index (χ1v) is 6.02. The predicted octanol–water partition coefficient (Wildman–Crippen LogP) is 3.16. The van der Waals surface area contributed by atoms with Crippen molar-refractivity contribution in [3.63, 3.8) is 0 Å². The zero-order chi connectivity index (χ0) is 14.9. The Balaban J connectivity index is 2.43. The molecular weight excluding hydrogens is 267 g/mol. The molecule has 3 nitrogen and oxygen atoms in total. The number of halogens is 3. The van der Waals surface area contributed by atoms with Gasteiger partial charge in [-0.3, -0.25) is 0 Å². The molecule has 0 saturated heterocycles. The summed E-state index contributed by atoms with van der Waals surface area (Å²) in [6.45, 7) is 3.49. The molecule has 0 spiro atoms. The Kier molecular flexibility index (Phi) is 3.76. The Hall–Kier alpha value is -1.95. The number of hydrogen-bond acceptors (Lipinski definition) is 3. The third-order valence-corrected chi connectivity index (χ3v) is 3.05. The maximum atomic E-state index is 12.7. The van der Waals surface area contributed by atoms with Gasteiger partial charge in [0.05, 0.1) is 23.0 Å². The third-order valence-electron chi connectivity index (χ3n) is 3.05. The summed E-state index contributed by atoms with van der Waals surface area (Å²) in [6, 6.07) is 6.11. The van der Waals surface area contributed by atoms with Crippen LogP contribution in [0.3, 0.4) is 0 Å². The van der Waals surface area contributed by atoms with E-state index in [0.717, 1.165) is 12.1 Å². The van der Waals surface area contributed by atoms with E-state index in [4.69, 9.17) is 5.73 Å². The summed E-state index contributed by atoms with van der Waals surface area (Å²) in [4.78, 5) is 0. The largest absolute Gasteiger partial charge is 0.416 e. The van der Waals surface area contributed by atoms with Gasteiger partial charge < -0.3 is 5.73 Å². The monoisotopic (exact) mass is 281 g/mol. The molecule has 6 heteroatoms. The fourth-order valence-electron chi connectivity index (χ4n) is 1.97. The van der Waals surface area contributed by atoms with Crippen molar-refractivity contribution in [3.05, 3.63) is 58.4 Å². The first kappa shape index (κ1) is 14.5. The number of hydrogen-bond donors (Lipinski definition) is 1. The molecule has 0 amide bonds. The average molecular weight is 281 g/mol. The quantitative estimate of drug-likeness (QED) is 0.920. The molecule has 0 saturated carbocycles. The lowest BCUT2D eigenvalue weighted by Gasteiger charge is -2.16. The molecule has 1 aromatic carbocycles. The molecule has 0 aliphatic carbocycles. The molecule has 0 fully saturated rings. The number of alkyl halides is 3. The van der Waals surface area contributed by atoms with E-state index in [1.54, 1.807) is 26.0 Å². The summed E-state index contributed by atoms with van der Waals surface area (Å²) in [5, 5.41) is 7.83. The number of aromatic nitrogens is 2. The van der Waals surface area contributed by atoms with Gasteiger partial charge >= 0.3 is 6.18 Å². The number of benzene rings is 1. The lowest BCUT2D eigenvalue weighted by Crippen LogP contribution is -2.16. The molecule has 2 rings (SSSR count). The van der Waals surface area contributed by atoms with E-state index in [9.17, 15) is 13.2 Å². The average Bonchev–Trinajstić information content (AvgIpc) is 2.40. The van der Waals surface area contributed by atoms with E-state index in [-0.39, 0.29) is 0 Å². The van der Waals surface area contributed by atoms with Crippen LogP contribution in [-0.4, -0.2) is 10.2 Å². The molecule has 0 radical (unpaired) electrons. The highest BCUT2D eigenvalue weighted by Crippen LogP contribution is 2.31. The van der Waals surface area contributed by atoms with Gasteiger partial charge in [0.2, 0.25) is 0 Å². The highest BCUT2D eigenvalue weighted by molar-refractivity contribution is 5.36. The first-order chi connectivity index (χ1) is 9.29. The van der Waals surface area contributed by atoms with Crippen LogP contribution in [0.25, 0.3) is 0 Å². The predicted molar refractivity (Wildman–Crippen MR) is 69.0 cm³/mol. The van der Waals surface area contributed by atoms with Gasteiger partial charge in [0.1, 0.15) is 0 Å². The third kappa shape index (κ3) is 2.96. The lowest BCUT2D eigenvalue weighted by atomic mass is 9.97. The van der Waals surface area contributed by atoms with Gasteiger partial charge in [-0.05, 0) is 43.2 Å². The smallest absolute Gasteiger partial charge is 0.320 e. The van der Waals surface area contributed by atoms with E-state index in [1.807, 2.05) is 0 Å². The Morgan fingerprint density at radius 1 is 1.10 bits per heavy atom. The van der Waals surface area contributed by atoms with Crippen molar-refractivity contribution in [1.29, 1.82) is 0 Å². The molecule has 1 atom stereocenters. The molecule has 0 bridgehead atoms. The standard InChI is InChI=1S/C14H14F3N3/c1-8-6-12(9(2)20-19-8)13(18)10-4-3-5-11(7-10)14(15,16)17/h3-7,13H,18H2,1-2H3. The van der Waals surface area contributed by atoms with E-state index in [1.165, 1.54) is 6.07 Å². The highest BCUT2D eigenvalue weighted by atomic mass is 19.4. The Morgan fingerprint density at radius 3 is 2.45 bits per heavy atom. The summed E-state index contributed by atoms with van der Waals surface area (Å²) in [6.07, 6.45) is -4.38. The second-order valence-corrected chi connectivity index (χ2v) is 4.63. The lowest BCUT2D eigenvalue weighted by molar-refractivity contribution is -0.137. The van der Waals surface area contributed by atoms with Crippen LogP contribution in [-0.2, 0) is 6.18 Å². The molecule has 1 unspecified atom stereocenters. The van der Waals surface area contributed by atoms with Crippen LogP contribution in [0.5, 0.6) is 0 Å². The van der Waals surface area contributed by atoms with E-state index in [2.05, 4.69) is 10.2 Å². The van der Waals surface area contributed by atoms with Crippen LogP contribution in [0.15, 0.2) is 30.3 Å². The van der Waals surface area contributed by atoms with Gasteiger partial charge in [-0.1, -0.05) is 12.1 Å². The van der Waals surface area contributed by atoms with Gasteiger partial charge in [0.25, 0.3) is 0 Å². The molecule has 2 aromatic rings. The summed E-state index contributed by atoms with van der Waals surface area (Å²) < 4.78 is 38.1. The minimum Gasteiger partial charge on any atom is -0.320 e. The van der Waals surface area contributed by atoms with Crippen LogP contribution in [0.4, 0.5) is 13.2 Å². The molecule has 0 aliphatic heterocycles. The first-order valence-electron chi connectivity index (χ1n) is 6.02. The van der Waals surface area contributed by atoms with Crippen LogP contribution < -0.4 is 5.73 Å². The molecule has 2 N–H and O–H groups in total. The fourth-order valence-corrected chi connectivity index (χ4v) is 1.97. The van der Waals surface area contributed by atoms with Crippen LogP contribution in [0.1, 0.15) is 34.1 Å². The van der Waals surface area contributed by atoms with Crippen LogP contribution >= 0.6 is 0 Å². The molecule has 1 heterocycles. The maximum absolute atomic E-state index is 12.7. The number of nitrogens with zero attached hydrogens (tertiary/aromatic N) is 2. The molecule has 20 heavy (non-hydrogen) atoms. The Morgan fingerprint density at radius 2 is 1.80 bits per heavy atom. The Labute approximate surface area is 114 Å². The molecule has 1 aromatic heterocycles. The SMILES string of the molecule is Cc1cc(C(N)c2cccc(C(F)(F)F)c2)c(C)nn1. The van der Waals surface area contributed by atoms with Crippen molar-refractivity contribution in [3.8, 4) is 0 Å². The molecule has 106 valence electrons. The van der Waals surface area contributed by atoms with Gasteiger partial charge in [-0.15, -0.1) is 0 Å². The van der Waals surface area contributed by atoms with Crippen LogP contribution in [0.2, 0.25) is 0 Å². The highest BCUT2D eigenvalue weighted by Gasteiger charge is 2.31. The summed E-state index contributed by atoms with van der Waals surface area (Å²) in [7, 11) is 0. The second kappa shape index (κ2) is 5.20. The van der Waals surface area contributed by atoms with Crippen LogP contribution in [0, 0.1) is 13.8 Å². The van der Waals surface area contributed by atoms with Crippen molar-refractivity contribution < 1.29 is 13.2 Å². The topological polar surface area (TPSA) is 51.8 Å². The van der Waals surface area contributed by atoms with Gasteiger partial charge in [0.15, 0.2) is 0 Å². The maximum Gasteiger partial charge on any atom is 0.416 e. The zero-order valence-electron chi connectivity index (χ0n) is 11.1. The Bertz CT molecular complexity index is 623. The van der Waals surface area contributed by atoms with E-state index >= 15 is 0 Å². The summed E-state index contributed by atoms with van der Waals surface area (Å²) in [5.41, 5.74) is 7.72. The van der Waals surface area contributed by atoms with Crippen molar-refractivity contribution >= 4 is 0 Å². The number of rotatable bonds is 2. The second-order valence-electron chi connectivity index (χ2n) is 4.63. The van der Waals surface area contributed by atoms with Crippen molar-refractivity contribution in [2.75, 3.05) is 0 Å².